The highest BCUT2D eigenvalue weighted by molar-refractivity contribution is 7.11. The molecule has 4 unspecified atom stereocenters. The van der Waals surface area contributed by atoms with Crippen LogP contribution in [0.4, 0.5) is 0 Å². The number of thiophene rings is 1. The summed E-state index contributed by atoms with van der Waals surface area (Å²) in [7, 11) is -0.147. The first kappa shape index (κ1) is 13.4. The van der Waals surface area contributed by atoms with E-state index in [0.717, 1.165) is 5.92 Å². The lowest BCUT2D eigenvalue weighted by molar-refractivity contribution is -0.199. The predicted molar refractivity (Wildman–Crippen MR) is 83.5 cm³/mol. The third kappa shape index (κ3) is 1.48. The summed E-state index contributed by atoms with van der Waals surface area (Å²) in [5.41, 5.74) is 2.92. The molecule has 0 radical (unpaired) electrons. The van der Waals surface area contributed by atoms with Crippen LogP contribution in [0.15, 0.2) is 5.38 Å². The van der Waals surface area contributed by atoms with Crippen LogP contribution in [0.25, 0.3) is 0 Å². The largest absolute Gasteiger partial charge is 0.496 e. The molecule has 1 aromatic rings. The van der Waals surface area contributed by atoms with Crippen LogP contribution >= 0.6 is 11.3 Å². The van der Waals surface area contributed by atoms with E-state index in [2.05, 4.69) is 40.0 Å². The van der Waals surface area contributed by atoms with Gasteiger partial charge < -0.3 is 9.31 Å². The minimum atomic E-state index is -0.147. The Kier molecular flexibility index (Phi) is 2.61. The van der Waals surface area contributed by atoms with E-state index >= 15 is 0 Å². The molecular formula is C16H23BO2S. The standard InChI is InChI=1S/C16H23BO2S/c1-9-8-20-10(2)14(9)17-18-13-7-11-6-12(15(11,3)4)16(13,5)19-17/h8,11-13H,6-7H2,1-5H3. The SMILES string of the molecule is Cc1csc(C)c1B1OC2CC3CC(C3(C)C)C2(C)O1. The van der Waals surface area contributed by atoms with Gasteiger partial charge in [-0.1, -0.05) is 13.8 Å². The summed E-state index contributed by atoms with van der Waals surface area (Å²) in [6.45, 7) is 11.4. The van der Waals surface area contributed by atoms with Crippen LogP contribution in [0.1, 0.15) is 44.1 Å². The molecule has 0 aromatic carbocycles. The van der Waals surface area contributed by atoms with Crippen LogP contribution in [-0.4, -0.2) is 18.8 Å². The summed E-state index contributed by atoms with van der Waals surface area (Å²) in [5.74, 6) is 1.46. The molecule has 0 spiro atoms. The second-order valence-corrected chi connectivity index (χ2v) is 8.77. The summed E-state index contributed by atoms with van der Waals surface area (Å²) in [6, 6.07) is 0. The Morgan fingerprint density at radius 1 is 1.25 bits per heavy atom. The van der Waals surface area contributed by atoms with Crippen LogP contribution in [0.5, 0.6) is 0 Å². The number of hydrogen-bond acceptors (Lipinski definition) is 3. The van der Waals surface area contributed by atoms with E-state index in [1.165, 1.54) is 28.7 Å². The van der Waals surface area contributed by atoms with Gasteiger partial charge >= 0.3 is 7.12 Å². The van der Waals surface area contributed by atoms with Crippen molar-refractivity contribution in [3.63, 3.8) is 0 Å². The molecule has 108 valence electrons. The van der Waals surface area contributed by atoms with Gasteiger partial charge in [0.25, 0.3) is 0 Å². The zero-order chi connectivity index (χ0) is 14.3. The highest BCUT2D eigenvalue weighted by Crippen LogP contribution is 2.65. The van der Waals surface area contributed by atoms with Crippen molar-refractivity contribution in [2.75, 3.05) is 0 Å². The third-order valence-corrected chi connectivity index (χ3v) is 7.45. The minimum absolute atomic E-state index is 0.0935. The molecule has 2 heterocycles. The van der Waals surface area contributed by atoms with E-state index in [-0.39, 0.29) is 18.8 Å². The topological polar surface area (TPSA) is 18.5 Å². The van der Waals surface area contributed by atoms with E-state index in [9.17, 15) is 0 Å². The van der Waals surface area contributed by atoms with Gasteiger partial charge in [-0.05, 0) is 67.3 Å². The lowest BCUT2D eigenvalue weighted by Gasteiger charge is -2.64. The van der Waals surface area contributed by atoms with Gasteiger partial charge in [-0.3, -0.25) is 0 Å². The van der Waals surface area contributed by atoms with Gasteiger partial charge in [0.05, 0.1) is 11.7 Å². The summed E-state index contributed by atoms with van der Waals surface area (Å²) in [4.78, 5) is 1.33. The fourth-order valence-electron chi connectivity index (χ4n) is 4.92. The van der Waals surface area contributed by atoms with Gasteiger partial charge in [-0.25, -0.2) is 0 Å². The molecule has 2 bridgehead atoms. The Labute approximate surface area is 126 Å². The zero-order valence-corrected chi connectivity index (χ0v) is 13.8. The van der Waals surface area contributed by atoms with Gasteiger partial charge in [0.15, 0.2) is 0 Å². The molecule has 3 aliphatic carbocycles. The van der Waals surface area contributed by atoms with E-state index in [0.29, 0.717) is 11.3 Å². The molecule has 2 nitrogen and oxygen atoms in total. The minimum Gasteiger partial charge on any atom is -0.401 e. The molecule has 1 saturated heterocycles. The van der Waals surface area contributed by atoms with Crippen molar-refractivity contribution in [3.05, 3.63) is 15.8 Å². The average molecular weight is 290 g/mol. The molecule has 4 aliphatic rings. The molecule has 20 heavy (non-hydrogen) atoms. The molecule has 4 heteroatoms. The maximum Gasteiger partial charge on any atom is 0.496 e. The van der Waals surface area contributed by atoms with E-state index in [1.54, 1.807) is 11.3 Å². The van der Waals surface area contributed by atoms with Gasteiger partial charge in [0, 0.05) is 4.88 Å². The van der Waals surface area contributed by atoms with Crippen molar-refractivity contribution in [3.8, 4) is 0 Å². The van der Waals surface area contributed by atoms with E-state index < -0.39 is 0 Å². The first-order valence-corrected chi connectivity index (χ1v) is 8.60. The number of hydrogen-bond donors (Lipinski definition) is 0. The number of aryl methyl sites for hydroxylation is 2. The Balaban J connectivity index is 1.68. The normalized spacial score (nSPS) is 41.5. The molecule has 1 aliphatic heterocycles. The monoisotopic (exact) mass is 290 g/mol. The Hall–Kier alpha value is -0.315. The summed E-state index contributed by atoms with van der Waals surface area (Å²) < 4.78 is 12.9. The van der Waals surface area contributed by atoms with E-state index in [4.69, 9.17) is 9.31 Å². The van der Waals surface area contributed by atoms with Crippen molar-refractivity contribution in [1.29, 1.82) is 0 Å². The van der Waals surface area contributed by atoms with E-state index in [1.807, 2.05) is 0 Å². The van der Waals surface area contributed by atoms with Crippen LogP contribution < -0.4 is 5.46 Å². The first-order chi connectivity index (χ1) is 9.34. The molecule has 5 rings (SSSR count). The van der Waals surface area contributed by atoms with Crippen molar-refractivity contribution >= 4 is 23.9 Å². The highest BCUT2D eigenvalue weighted by Gasteiger charge is 2.68. The second-order valence-electron chi connectivity index (χ2n) is 7.69. The lowest BCUT2D eigenvalue weighted by Crippen LogP contribution is -2.65. The summed E-state index contributed by atoms with van der Waals surface area (Å²) in [6.07, 6.45) is 2.76. The van der Waals surface area contributed by atoms with Crippen LogP contribution in [0.2, 0.25) is 0 Å². The van der Waals surface area contributed by atoms with Crippen LogP contribution in [-0.2, 0) is 9.31 Å². The molecule has 0 amide bonds. The quantitative estimate of drug-likeness (QED) is 0.739. The van der Waals surface area contributed by atoms with Gasteiger partial charge in [-0.15, -0.1) is 11.3 Å². The highest BCUT2D eigenvalue weighted by atomic mass is 32.1. The molecule has 4 atom stereocenters. The van der Waals surface area contributed by atoms with Crippen molar-refractivity contribution < 1.29 is 9.31 Å². The maximum atomic E-state index is 6.53. The fourth-order valence-corrected chi connectivity index (χ4v) is 5.79. The predicted octanol–water partition coefficient (Wildman–Crippen LogP) is 3.30. The van der Waals surface area contributed by atoms with Crippen molar-refractivity contribution in [1.82, 2.24) is 0 Å². The molecule has 1 aromatic heterocycles. The van der Waals surface area contributed by atoms with Gasteiger partial charge in [0.1, 0.15) is 0 Å². The fraction of sp³-hybridized carbons (Fsp3) is 0.750. The molecular weight excluding hydrogens is 267 g/mol. The summed E-state index contributed by atoms with van der Waals surface area (Å²) in [5, 5.41) is 2.21. The zero-order valence-electron chi connectivity index (χ0n) is 13.0. The van der Waals surface area contributed by atoms with Gasteiger partial charge in [0.2, 0.25) is 0 Å². The Morgan fingerprint density at radius 3 is 2.60 bits per heavy atom. The second kappa shape index (κ2) is 3.90. The molecule has 4 fully saturated rings. The Morgan fingerprint density at radius 2 is 2.00 bits per heavy atom. The van der Waals surface area contributed by atoms with Crippen molar-refractivity contribution in [2.24, 2.45) is 17.3 Å². The maximum absolute atomic E-state index is 6.53. The average Bonchev–Trinajstić information content (AvgIpc) is 2.87. The third-order valence-electron chi connectivity index (χ3n) is 6.40. The van der Waals surface area contributed by atoms with Crippen LogP contribution in [0, 0.1) is 31.1 Å². The van der Waals surface area contributed by atoms with Crippen molar-refractivity contribution in [2.45, 2.75) is 59.2 Å². The Bertz CT molecular complexity index is 547. The molecule has 3 saturated carbocycles. The lowest BCUT2D eigenvalue weighted by atomic mass is 9.43. The smallest absolute Gasteiger partial charge is 0.401 e. The number of rotatable bonds is 1. The van der Waals surface area contributed by atoms with Gasteiger partial charge in [-0.2, -0.15) is 0 Å². The first-order valence-electron chi connectivity index (χ1n) is 7.72. The van der Waals surface area contributed by atoms with Crippen LogP contribution in [0.3, 0.4) is 0 Å². The summed E-state index contributed by atoms with van der Waals surface area (Å²) >= 11 is 1.80. The molecule has 0 N–H and O–H groups in total.